The van der Waals surface area contributed by atoms with Crippen molar-refractivity contribution in [2.24, 2.45) is 4.36 Å². The van der Waals surface area contributed by atoms with Gasteiger partial charge in [-0.25, -0.2) is 4.79 Å². The van der Waals surface area contributed by atoms with Gasteiger partial charge in [0.1, 0.15) is 5.60 Å². The second kappa shape index (κ2) is 4.58. The average molecular weight is 278 g/mol. The van der Waals surface area contributed by atoms with E-state index in [4.69, 9.17) is 10.5 Å². The molecule has 0 atom stereocenters. The van der Waals surface area contributed by atoms with Crippen LogP contribution in [0.25, 0.3) is 10.9 Å². The molecule has 0 radical (unpaired) electrons. The van der Waals surface area contributed by atoms with Crippen molar-refractivity contribution in [3.05, 3.63) is 18.2 Å². The van der Waals surface area contributed by atoms with Crippen molar-refractivity contribution in [3.8, 4) is 0 Å². The fraction of sp³-hybridized carbons (Fsp3) is 0.333. The summed E-state index contributed by atoms with van der Waals surface area (Å²) >= 11 is 4.62. The molecule has 1 aromatic carbocycles. The summed E-state index contributed by atoms with van der Waals surface area (Å²) in [7, 11) is 0. The Morgan fingerprint density at radius 3 is 2.74 bits per heavy atom. The molecule has 100 valence electrons. The van der Waals surface area contributed by atoms with Crippen molar-refractivity contribution in [1.29, 1.82) is 0 Å². The molecule has 2 N–H and O–H groups in total. The molecule has 0 unspecified atom stereocenters. The number of benzene rings is 1. The molecular weight excluding hydrogens is 264 g/mol. The largest absolute Gasteiger partial charge is 0.442 e. The van der Waals surface area contributed by atoms with Gasteiger partial charge in [-0.1, -0.05) is 0 Å². The lowest BCUT2D eigenvalue weighted by Gasteiger charge is -2.19. The number of rotatable bonds is 1. The molecule has 7 heteroatoms. The van der Waals surface area contributed by atoms with Gasteiger partial charge >= 0.3 is 6.09 Å². The molecular formula is C12H14N4O2S. The van der Waals surface area contributed by atoms with Crippen LogP contribution in [0.4, 0.5) is 16.3 Å². The first kappa shape index (κ1) is 13.4. The number of nitrogens with zero attached hydrogens (tertiary/aromatic N) is 3. The van der Waals surface area contributed by atoms with Crippen LogP contribution in [0.3, 0.4) is 0 Å². The summed E-state index contributed by atoms with van der Waals surface area (Å²) in [5.41, 5.74) is 6.35. The maximum atomic E-state index is 12.0. The highest BCUT2D eigenvalue weighted by Gasteiger charge is 2.21. The molecule has 6 nitrogen and oxygen atoms in total. The number of fused-ring (bicyclic) bond motifs is 1. The van der Waals surface area contributed by atoms with Gasteiger partial charge in [0.2, 0.25) is 0 Å². The van der Waals surface area contributed by atoms with E-state index in [-0.39, 0.29) is 5.82 Å². The Labute approximate surface area is 115 Å². The molecule has 0 aliphatic rings. The molecule has 0 amide bonds. The number of hydrogen-bond acceptors (Lipinski definition) is 6. The number of ether oxygens (including phenoxy) is 1. The van der Waals surface area contributed by atoms with Crippen molar-refractivity contribution in [3.63, 3.8) is 0 Å². The zero-order valence-electron chi connectivity index (χ0n) is 10.9. The molecule has 0 spiro atoms. The van der Waals surface area contributed by atoms with E-state index in [1.807, 2.05) is 0 Å². The summed E-state index contributed by atoms with van der Waals surface area (Å²) in [6.45, 7) is 5.36. The fourth-order valence-electron chi connectivity index (χ4n) is 1.63. The van der Waals surface area contributed by atoms with E-state index in [9.17, 15) is 4.79 Å². The summed E-state index contributed by atoms with van der Waals surface area (Å²) in [4.78, 5) is 12.0. The predicted octanol–water partition coefficient (Wildman–Crippen LogP) is 2.76. The minimum absolute atomic E-state index is 0.237. The summed E-state index contributed by atoms with van der Waals surface area (Å²) in [6.07, 6.45) is -0.572. The van der Waals surface area contributed by atoms with Crippen molar-refractivity contribution in [2.75, 3.05) is 5.73 Å². The highest BCUT2D eigenvalue weighted by Crippen LogP contribution is 2.26. The molecule has 2 aromatic rings. The molecule has 0 aliphatic heterocycles. The lowest BCUT2D eigenvalue weighted by molar-refractivity contribution is 0.0523. The standard InChI is InChI=1S/C12H14N4O2S/c1-12(2,3)18-11(17)16-9-5-4-7(15-19)6-8(9)10(13)14-16/h4-6H,1-3H3,(H2,13,14). The van der Waals surface area contributed by atoms with E-state index in [1.54, 1.807) is 39.0 Å². The van der Waals surface area contributed by atoms with E-state index in [0.29, 0.717) is 16.6 Å². The summed E-state index contributed by atoms with van der Waals surface area (Å²) in [5, 5.41) is 4.62. The highest BCUT2D eigenvalue weighted by molar-refractivity contribution is 7.47. The molecule has 1 aromatic heterocycles. The van der Waals surface area contributed by atoms with Gasteiger partial charge in [0.15, 0.2) is 5.82 Å². The van der Waals surface area contributed by atoms with Crippen molar-refractivity contribution < 1.29 is 9.53 Å². The van der Waals surface area contributed by atoms with Gasteiger partial charge in [-0.3, -0.25) is 0 Å². The Morgan fingerprint density at radius 2 is 2.16 bits per heavy atom. The summed E-state index contributed by atoms with van der Waals surface area (Å²) in [6, 6.07) is 5.07. The van der Waals surface area contributed by atoms with E-state index in [1.165, 1.54) is 0 Å². The van der Waals surface area contributed by atoms with Crippen LogP contribution in [0.2, 0.25) is 0 Å². The molecule has 0 fully saturated rings. The Balaban J connectivity index is 2.51. The van der Waals surface area contributed by atoms with Crippen molar-refractivity contribution in [1.82, 2.24) is 9.78 Å². The van der Waals surface area contributed by atoms with E-state index in [2.05, 4.69) is 21.9 Å². The maximum Gasteiger partial charge on any atom is 0.435 e. The van der Waals surface area contributed by atoms with Crippen LogP contribution < -0.4 is 5.73 Å². The number of nitrogen functional groups attached to an aromatic ring is 1. The maximum absolute atomic E-state index is 12.0. The Morgan fingerprint density at radius 1 is 1.47 bits per heavy atom. The molecule has 1 heterocycles. The zero-order chi connectivity index (χ0) is 14.2. The fourth-order valence-corrected chi connectivity index (χ4v) is 1.74. The van der Waals surface area contributed by atoms with Crippen LogP contribution in [0, 0.1) is 0 Å². The van der Waals surface area contributed by atoms with Gasteiger partial charge < -0.3 is 10.5 Å². The lowest BCUT2D eigenvalue weighted by Crippen LogP contribution is -2.27. The predicted molar refractivity (Wildman–Crippen MR) is 75.2 cm³/mol. The third kappa shape index (κ3) is 2.70. The van der Waals surface area contributed by atoms with Gasteiger partial charge in [-0.05, 0) is 39.0 Å². The Kier molecular flexibility index (Phi) is 3.23. The lowest BCUT2D eigenvalue weighted by atomic mass is 10.2. The van der Waals surface area contributed by atoms with Crippen LogP contribution in [-0.4, -0.2) is 21.5 Å². The molecule has 0 aliphatic carbocycles. The first-order chi connectivity index (χ1) is 8.81. The van der Waals surface area contributed by atoms with Crippen molar-refractivity contribution >= 4 is 40.9 Å². The molecule has 0 bridgehead atoms. The number of hydrogen-bond donors (Lipinski definition) is 1. The quantitative estimate of drug-likeness (QED) is 0.867. The first-order valence-electron chi connectivity index (χ1n) is 5.67. The van der Waals surface area contributed by atoms with Crippen LogP contribution in [0.1, 0.15) is 20.8 Å². The number of carbonyl (C=O) groups excluding carboxylic acids is 1. The molecule has 2 rings (SSSR count). The zero-order valence-corrected chi connectivity index (χ0v) is 11.7. The molecule has 0 saturated heterocycles. The van der Waals surface area contributed by atoms with Crippen LogP contribution in [0.5, 0.6) is 0 Å². The smallest absolute Gasteiger partial charge is 0.435 e. The first-order valence-corrected chi connectivity index (χ1v) is 6.03. The van der Waals surface area contributed by atoms with Crippen LogP contribution in [0.15, 0.2) is 22.6 Å². The van der Waals surface area contributed by atoms with E-state index < -0.39 is 11.7 Å². The summed E-state index contributed by atoms with van der Waals surface area (Å²) in [5.74, 6) is 0.237. The number of carbonyl (C=O) groups is 1. The topological polar surface area (TPSA) is 82.5 Å². The molecule has 0 saturated carbocycles. The number of anilines is 1. The van der Waals surface area contributed by atoms with Gasteiger partial charge in [0, 0.05) is 17.8 Å². The number of nitrogens with two attached hydrogens (primary N) is 1. The Bertz CT molecular complexity index is 658. The third-order valence-corrected chi connectivity index (χ3v) is 2.57. The Hall–Kier alpha value is -2.02. The average Bonchev–Trinajstić information content (AvgIpc) is 2.64. The van der Waals surface area contributed by atoms with Gasteiger partial charge in [0.05, 0.1) is 11.2 Å². The molecule has 19 heavy (non-hydrogen) atoms. The van der Waals surface area contributed by atoms with Crippen LogP contribution in [-0.2, 0) is 17.2 Å². The monoisotopic (exact) mass is 278 g/mol. The minimum Gasteiger partial charge on any atom is -0.442 e. The van der Waals surface area contributed by atoms with Gasteiger partial charge in [0.25, 0.3) is 0 Å². The van der Waals surface area contributed by atoms with E-state index >= 15 is 0 Å². The number of aromatic nitrogens is 2. The van der Waals surface area contributed by atoms with Crippen molar-refractivity contribution in [2.45, 2.75) is 26.4 Å². The highest BCUT2D eigenvalue weighted by atomic mass is 32.1. The van der Waals surface area contributed by atoms with E-state index in [0.717, 1.165) is 4.68 Å². The normalized spacial score (nSPS) is 11.5. The third-order valence-electron chi connectivity index (χ3n) is 2.36. The minimum atomic E-state index is -0.597. The van der Waals surface area contributed by atoms with Crippen LogP contribution >= 0.6 is 0 Å². The second-order valence-electron chi connectivity index (χ2n) is 5.07. The SMILES string of the molecule is CC(C)(C)OC(=O)n1nc(N)c2cc(N=S)ccc21. The summed E-state index contributed by atoms with van der Waals surface area (Å²) < 4.78 is 10.1. The van der Waals surface area contributed by atoms with Gasteiger partial charge in [-0.2, -0.15) is 9.04 Å². The second-order valence-corrected chi connectivity index (χ2v) is 5.25. The van der Waals surface area contributed by atoms with Gasteiger partial charge in [-0.15, -0.1) is 5.10 Å².